The summed E-state index contributed by atoms with van der Waals surface area (Å²) >= 11 is 0. The molecule has 1 fully saturated rings. The third-order valence-corrected chi connectivity index (χ3v) is 6.64. The maximum Gasteiger partial charge on any atom is 0.346 e. The second-order valence-electron chi connectivity index (χ2n) is 7.41. The van der Waals surface area contributed by atoms with Gasteiger partial charge in [0.1, 0.15) is 23.9 Å². The lowest BCUT2D eigenvalue weighted by Gasteiger charge is -2.29. The Morgan fingerprint density at radius 3 is 2.48 bits per heavy atom. The minimum Gasteiger partial charge on any atom is -0.497 e. The Morgan fingerprint density at radius 1 is 1.23 bits per heavy atom. The zero-order chi connectivity index (χ0) is 22.8. The normalized spacial score (nSPS) is 15.6. The summed E-state index contributed by atoms with van der Waals surface area (Å²) in [6.45, 7) is 0.483. The van der Waals surface area contributed by atoms with Crippen LogP contribution < -0.4 is 20.5 Å². The van der Waals surface area contributed by atoms with Gasteiger partial charge in [0.05, 0.1) is 26.2 Å². The molecule has 0 radical (unpaired) electrons. The van der Waals surface area contributed by atoms with E-state index in [4.69, 9.17) is 9.47 Å². The van der Waals surface area contributed by atoms with Crippen molar-refractivity contribution in [3.8, 4) is 11.5 Å². The first-order valence-electron chi connectivity index (χ1n) is 9.74. The maximum absolute atomic E-state index is 12.6. The average Bonchev–Trinajstić information content (AvgIpc) is 3.01. The fraction of sp³-hybridized carbons (Fsp3) is 0.526. The summed E-state index contributed by atoms with van der Waals surface area (Å²) < 4.78 is 37.8. The molecule has 0 spiro atoms. The highest BCUT2D eigenvalue weighted by Crippen LogP contribution is 2.29. The van der Waals surface area contributed by atoms with E-state index in [1.807, 2.05) is 0 Å². The van der Waals surface area contributed by atoms with Crippen molar-refractivity contribution in [1.29, 1.82) is 0 Å². The molecule has 1 N–H and O–H groups in total. The van der Waals surface area contributed by atoms with Gasteiger partial charge in [-0.15, -0.1) is 0 Å². The molecule has 170 valence electrons. The standard InChI is InChI=1S/C19H27N5O6S/c1-22-18(13-7-9-23(10-8-13)31(4,27)28)21-24(19(22)26)12-17(25)20-15-11-14(29-2)5-6-16(15)30-3/h5-6,11,13H,7-10,12H2,1-4H3,(H,20,25). The SMILES string of the molecule is COc1ccc(OC)c(NC(=O)Cn2nc(C3CCN(S(C)(=O)=O)CC3)n(C)c2=O)c1. The van der Waals surface area contributed by atoms with Gasteiger partial charge in [-0.05, 0) is 25.0 Å². The number of nitrogens with one attached hydrogen (secondary N) is 1. The molecule has 2 aromatic rings. The number of carbonyl (C=O) groups excluding carboxylic acids is 1. The number of methoxy groups -OCH3 is 2. The van der Waals surface area contributed by atoms with E-state index in [2.05, 4.69) is 10.4 Å². The van der Waals surface area contributed by atoms with Crippen LogP contribution in [0.15, 0.2) is 23.0 Å². The van der Waals surface area contributed by atoms with Gasteiger partial charge in [-0.2, -0.15) is 5.10 Å². The third kappa shape index (κ3) is 5.07. The van der Waals surface area contributed by atoms with Crippen molar-refractivity contribution in [3.05, 3.63) is 34.5 Å². The van der Waals surface area contributed by atoms with E-state index in [9.17, 15) is 18.0 Å². The summed E-state index contributed by atoms with van der Waals surface area (Å²) in [6, 6.07) is 5.00. The van der Waals surface area contributed by atoms with E-state index < -0.39 is 21.6 Å². The van der Waals surface area contributed by atoms with Crippen molar-refractivity contribution in [2.24, 2.45) is 7.05 Å². The first-order valence-corrected chi connectivity index (χ1v) is 11.6. The van der Waals surface area contributed by atoms with Crippen LogP contribution in [0.4, 0.5) is 5.69 Å². The lowest BCUT2D eigenvalue weighted by Crippen LogP contribution is -2.37. The fourth-order valence-electron chi connectivity index (χ4n) is 3.65. The Kier molecular flexibility index (Phi) is 6.70. The van der Waals surface area contributed by atoms with Gasteiger partial charge in [0.15, 0.2) is 0 Å². The van der Waals surface area contributed by atoms with Gasteiger partial charge in [0, 0.05) is 32.1 Å². The van der Waals surface area contributed by atoms with E-state index in [0.29, 0.717) is 48.9 Å². The number of aromatic nitrogens is 3. The number of piperidine rings is 1. The van der Waals surface area contributed by atoms with Crippen LogP contribution in [0.3, 0.4) is 0 Å². The second kappa shape index (κ2) is 9.10. The summed E-state index contributed by atoms with van der Waals surface area (Å²) in [5.41, 5.74) is 0.0116. The smallest absolute Gasteiger partial charge is 0.346 e. The molecule has 12 heteroatoms. The number of amides is 1. The number of rotatable bonds is 7. The molecular weight excluding hydrogens is 426 g/mol. The van der Waals surface area contributed by atoms with Crippen molar-refractivity contribution in [2.75, 3.05) is 38.9 Å². The molecule has 0 atom stereocenters. The largest absolute Gasteiger partial charge is 0.497 e. The van der Waals surface area contributed by atoms with Gasteiger partial charge in [-0.3, -0.25) is 9.36 Å². The molecule has 0 bridgehead atoms. The number of hydrogen-bond acceptors (Lipinski definition) is 7. The van der Waals surface area contributed by atoms with E-state index in [1.54, 1.807) is 25.2 Å². The molecule has 1 aromatic carbocycles. The number of sulfonamides is 1. The van der Waals surface area contributed by atoms with Crippen molar-refractivity contribution >= 4 is 21.6 Å². The molecule has 0 aliphatic carbocycles. The van der Waals surface area contributed by atoms with Crippen molar-refractivity contribution in [1.82, 2.24) is 18.7 Å². The first-order chi connectivity index (χ1) is 14.6. The molecule has 11 nitrogen and oxygen atoms in total. The van der Waals surface area contributed by atoms with Crippen LogP contribution in [0.1, 0.15) is 24.6 Å². The van der Waals surface area contributed by atoms with E-state index in [-0.39, 0.29) is 12.5 Å². The summed E-state index contributed by atoms with van der Waals surface area (Å²) in [7, 11) is 1.38. The van der Waals surface area contributed by atoms with Crippen LogP contribution in [-0.4, -0.2) is 66.5 Å². The number of nitrogens with zero attached hydrogens (tertiary/aromatic N) is 4. The first kappa shape index (κ1) is 22.8. The molecule has 1 saturated heterocycles. The van der Waals surface area contributed by atoms with Crippen LogP contribution in [-0.2, 0) is 28.4 Å². The van der Waals surface area contributed by atoms with Crippen molar-refractivity contribution in [3.63, 3.8) is 0 Å². The molecule has 0 saturated carbocycles. The van der Waals surface area contributed by atoms with Crippen molar-refractivity contribution < 1.29 is 22.7 Å². The zero-order valence-corrected chi connectivity index (χ0v) is 18.8. The molecule has 1 amide bonds. The van der Waals surface area contributed by atoms with Gasteiger partial charge in [0.2, 0.25) is 15.9 Å². The lowest BCUT2D eigenvalue weighted by atomic mass is 9.97. The summed E-state index contributed by atoms with van der Waals surface area (Å²) in [6.07, 6.45) is 2.31. The number of hydrogen-bond donors (Lipinski definition) is 1. The molecule has 3 rings (SSSR count). The predicted octanol–water partition coefficient (Wildman–Crippen LogP) is 0.377. The van der Waals surface area contributed by atoms with E-state index in [1.165, 1.54) is 29.3 Å². The van der Waals surface area contributed by atoms with Crippen LogP contribution in [0, 0.1) is 0 Å². The van der Waals surface area contributed by atoms with Gasteiger partial charge in [-0.25, -0.2) is 22.2 Å². The number of anilines is 1. The Bertz CT molecular complexity index is 1120. The zero-order valence-electron chi connectivity index (χ0n) is 18.0. The van der Waals surface area contributed by atoms with E-state index >= 15 is 0 Å². The van der Waals surface area contributed by atoms with Crippen LogP contribution in [0.25, 0.3) is 0 Å². The second-order valence-corrected chi connectivity index (χ2v) is 9.39. The number of benzene rings is 1. The number of ether oxygens (including phenoxy) is 2. The van der Waals surface area contributed by atoms with Crippen LogP contribution in [0.2, 0.25) is 0 Å². The maximum atomic E-state index is 12.6. The van der Waals surface area contributed by atoms with Crippen LogP contribution in [0.5, 0.6) is 11.5 Å². The quantitative estimate of drug-likeness (QED) is 0.642. The van der Waals surface area contributed by atoms with Crippen molar-refractivity contribution in [2.45, 2.75) is 25.3 Å². The topological polar surface area (TPSA) is 125 Å². The Morgan fingerprint density at radius 2 is 1.90 bits per heavy atom. The third-order valence-electron chi connectivity index (χ3n) is 5.34. The van der Waals surface area contributed by atoms with E-state index in [0.717, 1.165) is 4.68 Å². The minimum atomic E-state index is -3.23. The molecule has 31 heavy (non-hydrogen) atoms. The van der Waals surface area contributed by atoms with Gasteiger partial charge in [-0.1, -0.05) is 0 Å². The van der Waals surface area contributed by atoms with Gasteiger partial charge >= 0.3 is 5.69 Å². The Labute approximate surface area is 180 Å². The predicted molar refractivity (Wildman–Crippen MR) is 114 cm³/mol. The summed E-state index contributed by atoms with van der Waals surface area (Å²) in [5, 5.41) is 7.08. The molecule has 2 heterocycles. The highest BCUT2D eigenvalue weighted by atomic mass is 32.2. The molecular formula is C19H27N5O6S. The Balaban J connectivity index is 1.73. The monoisotopic (exact) mass is 453 g/mol. The fourth-order valence-corrected chi connectivity index (χ4v) is 4.52. The lowest BCUT2D eigenvalue weighted by molar-refractivity contribution is -0.117. The Hall–Kier alpha value is -2.86. The molecule has 1 aromatic heterocycles. The number of carbonyl (C=O) groups is 1. The highest BCUT2D eigenvalue weighted by Gasteiger charge is 2.29. The van der Waals surface area contributed by atoms with Crippen LogP contribution >= 0.6 is 0 Å². The van der Waals surface area contributed by atoms with Gasteiger partial charge in [0.25, 0.3) is 0 Å². The highest BCUT2D eigenvalue weighted by molar-refractivity contribution is 7.88. The summed E-state index contributed by atoms with van der Waals surface area (Å²) in [4.78, 5) is 25.2. The summed E-state index contributed by atoms with van der Waals surface area (Å²) in [5.74, 6) is 1.06. The minimum absolute atomic E-state index is 0.0570. The molecule has 1 aliphatic heterocycles. The average molecular weight is 454 g/mol. The van der Waals surface area contributed by atoms with Gasteiger partial charge < -0.3 is 14.8 Å². The molecule has 1 aliphatic rings. The molecule has 0 unspecified atom stereocenters.